The molecule has 0 aliphatic carbocycles. The number of hydrogen-bond acceptors (Lipinski definition) is 3. The SMILES string of the molecule is C=C(C)C1CCCN1C.C=Cc1cccc(CN2CC(C(C)C)C2)n1. The minimum absolute atomic E-state index is 0.671. The second-order valence-corrected chi connectivity index (χ2v) is 7.94. The zero-order valence-electron chi connectivity index (χ0n) is 16.5. The van der Waals surface area contributed by atoms with Crippen LogP contribution in [0.4, 0.5) is 0 Å². The Labute approximate surface area is 154 Å². The first-order chi connectivity index (χ1) is 11.9. The highest BCUT2D eigenvalue weighted by Gasteiger charge is 2.28. The summed E-state index contributed by atoms with van der Waals surface area (Å²) >= 11 is 0. The van der Waals surface area contributed by atoms with Crippen LogP contribution in [0.25, 0.3) is 6.08 Å². The van der Waals surface area contributed by atoms with E-state index in [1.54, 1.807) is 6.08 Å². The van der Waals surface area contributed by atoms with Gasteiger partial charge in [0.1, 0.15) is 0 Å². The van der Waals surface area contributed by atoms with Gasteiger partial charge in [0.25, 0.3) is 0 Å². The molecule has 0 N–H and O–H groups in total. The lowest BCUT2D eigenvalue weighted by molar-refractivity contribution is 0.0603. The van der Waals surface area contributed by atoms with Gasteiger partial charge in [-0.15, -0.1) is 0 Å². The number of nitrogens with zero attached hydrogens (tertiary/aromatic N) is 3. The van der Waals surface area contributed by atoms with Gasteiger partial charge in [0.05, 0.1) is 11.4 Å². The van der Waals surface area contributed by atoms with Crippen molar-refractivity contribution in [2.45, 2.75) is 46.2 Å². The summed E-state index contributed by atoms with van der Waals surface area (Å²) in [5.74, 6) is 1.69. The Morgan fingerprint density at radius 3 is 2.56 bits per heavy atom. The number of rotatable bonds is 5. The molecule has 0 radical (unpaired) electrons. The fourth-order valence-corrected chi connectivity index (χ4v) is 3.62. The van der Waals surface area contributed by atoms with Crippen LogP contribution in [0.1, 0.15) is 45.0 Å². The molecule has 0 amide bonds. The molecule has 0 saturated carbocycles. The predicted octanol–water partition coefficient (Wildman–Crippen LogP) is 4.47. The van der Waals surface area contributed by atoms with Crippen molar-refractivity contribution < 1.29 is 0 Å². The Morgan fingerprint density at radius 1 is 1.36 bits per heavy atom. The van der Waals surface area contributed by atoms with Gasteiger partial charge < -0.3 is 0 Å². The van der Waals surface area contributed by atoms with Gasteiger partial charge in [-0.05, 0) is 63.4 Å². The van der Waals surface area contributed by atoms with E-state index in [-0.39, 0.29) is 0 Å². The zero-order valence-corrected chi connectivity index (χ0v) is 16.5. The molecule has 1 aromatic rings. The Kier molecular flexibility index (Phi) is 7.39. The van der Waals surface area contributed by atoms with Crippen LogP contribution in [0.3, 0.4) is 0 Å². The zero-order chi connectivity index (χ0) is 18.4. The molecular weight excluding hydrogens is 306 g/mol. The largest absolute Gasteiger partial charge is 0.300 e. The van der Waals surface area contributed by atoms with Gasteiger partial charge in [-0.1, -0.05) is 38.6 Å². The van der Waals surface area contributed by atoms with E-state index < -0.39 is 0 Å². The van der Waals surface area contributed by atoms with Crippen molar-refractivity contribution in [1.82, 2.24) is 14.8 Å². The summed E-state index contributed by atoms with van der Waals surface area (Å²) in [6.07, 6.45) is 4.45. The molecule has 3 heterocycles. The smallest absolute Gasteiger partial charge is 0.0627 e. The molecule has 25 heavy (non-hydrogen) atoms. The fraction of sp³-hybridized carbons (Fsp3) is 0.591. The maximum Gasteiger partial charge on any atom is 0.0627 e. The standard InChI is InChI=1S/C14H20N2.C8H15N/c1-4-13-6-5-7-14(15-13)10-16-8-12(9-16)11(2)3;1-7(2)8-5-4-6-9(8)3/h4-7,11-12H,1,8-10H2,2-3H3;8H,1,4-6H2,2-3H3. The molecule has 0 aromatic carbocycles. The van der Waals surface area contributed by atoms with Crippen LogP contribution in [-0.4, -0.2) is 47.5 Å². The topological polar surface area (TPSA) is 19.4 Å². The summed E-state index contributed by atoms with van der Waals surface area (Å²) in [5.41, 5.74) is 3.44. The minimum Gasteiger partial charge on any atom is -0.300 e. The van der Waals surface area contributed by atoms with Crippen LogP contribution in [0, 0.1) is 11.8 Å². The fourth-order valence-electron chi connectivity index (χ4n) is 3.62. The molecule has 3 rings (SSSR count). The predicted molar refractivity (Wildman–Crippen MR) is 108 cm³/mol. The van der Waals surface area contributed by atoms with E-state index in [0.29, 0.717) is 6.04 Å². The highest BCUT2D eigenvalue weighted by molar-refractivity contribution is 5.41. The van der Waals surface area contributed by atoms with Gasteiger partial charge in [0.15, 0.2) is 0 Å². The number of hydrogen-bond donors (Lipinski definition) is 0. The van der Waals surface area contributed by atoms with E-state index in [4.69, 9.17) is 0 Å². The lowest BCUT2D eigenvalue weighted by atomic mass is 9.88. The third kappa shape index (κ3) is 5.79. The van der Waals surface area contributed by atoms with Crippen LogP contribution in [0.2, 0.25) is 0 Å². The quantitative estimate of drug-likeness (QED) is 0.737. The van der Waals surface area contributed by atoms with Crippen molar-refractivity contribution in [3.8, 4) is 0 Å². The van der Waals surface area contributed by atoms with Crippen LogP contribution in [0.5, 0.6) is 0 Å². The third-order valence-electron chi connectivity index (χ3n) is 5.44. The first kappa shape index (κ1) is 19.9. The van der Waals surface area contributed by atoms with Crippen LogP contribution in [-0.2, 0) is 6.54 Å². The molecule has 2 aliphatic rings. The average Bonchev–Trinajstić information content (AvgIpc) is 2.97. The molecule has 1 unspecified atom stereocenters. The van der Waals surface area contributed by atoms with Gasteiger partial charge in [0.2, 0.25) is 0 Å². The van der Waals surface area contributed by atoms with Gasteiger partial charge in [-0.25, -0.2) is 0 Å². The second-order valence-electron chi connectivity index (χ2n) is 7.94. The number of aromatic nitrogens is 1. The van der Waals surface area contributed by atoms with E-state index in [9.17, 15) is 0 Å². The normalized spacial score (nSPS) is 21.6. The van der Waals surface area contributed by atoms with Gasteiger partial charge in [-0.3, -0.25) is 14.8 Å². The molecule has 1 aromatic heterocycles. The summed E-state index contributed by atoms with van der Waals surface area (Å²) in [7, 11) is 2.17. The second kappa shape index (κ2) is 9.30. The molecule has 3 nitrogen and oxygen atoms in total. The van der Waals surface area contributed by atoms with Crippen LogP contribution in [0.15, 0.2) is 36.9 Å². The molecular formula is C22H35N3. The Hall–Kier alpha value is -1.45. The first-order valence-corrected chi connectivity index (χ1v) is 9.57. The maximum absolute atomic E-state index is 4.52. The minimum atomic E-state index is 0.671. The lowest BCUT2D eigenvalue weighted by Gasteiger charge is -2.41. The summed E-state index contributed by atoms with van der Waals surface area (Å²) in [5, 5.41) is 0. The van der Waals surface area contributed by atoms with Crippen molar-refractivity contribution in [2.24, 2.45) is 11.8 Å². The van der Waals surface area contributed by atoms with Crippen molar-refractivity contribution >= 4 is 6.08 Å². The molecule has 1 atom stereocenters. The van der Waals surface area contributed by atoms with Gasteiger partial charge >= 0.3 is 0 Å². The Bertz CT molecular complexity index is 572. The lowest BCUT2D eigenvalue weighted by Crippen LogP contribution is -2.48. The molecule has 0 spiro atoms. The number of likely N-dealkylation sites (tertiary alicyclic amines) is 2. The van der Waals surface area contributed by atoms with Crippen LogP contribution >= 0.6 is 0 Å². The highest BCUT2D eigenvalue weighted by atomic mass is 15.2. The van der Waals surface area contributed by atoms with E-state index in [2.05, 4.69) is 67.9 Å². The van der Waals surface area contributed by atoms with Crippen molar-refractivity contribution in [3.63, 3.8) is 0 Å². The molecule has 3 heteroatoms. The van der Waals surface area contributed by atoms with E-state index in [0.717, 1.165) is 29.8 Å². The Balaban J connectivity index is 0.000000212. The molecule has 0 bridgehead atoms. The maximum atomic E-state index is 4.52. The molecule has 2 aliphatic heterocycles. The molecule has 2 saturated heterocycles. The Morgan fingerprint density at radius 2 is 2.08 bits per heavy atom. The summed E-state index contributed by atoms with van der Waals surface area (Å²) in [6, 6.07) is 6.81. The number of pyridine rings is 1. The van der Waals surface area contributed by atoms with Gasteiger partial charge in [0, 0.05) is 25.7 Å². The van der Waals surface area contributed by atoms with Crippen molar-refractivity contribution in [3.05, 3.63) is 48.3 Å². The third-order valence-corrected chi connectivity index (χ3v) is 5.44. The van der Waals surface area contributed by atoms with E-state index >= 15 is 0 Å². The first-order valence-electron chi connectivity index (χ1n) is 9.57. The van der Waals surface area contributed by atoms with Crippen LogP contribution < -0.4 is 0 Å². The van der Waals surface area contributed by atoms with Crippen molar-refractivity contribution in [2.75, 3.05) is 26.7 Å². The van der Waals surface area contributed by atoms with E-state index in [1.165, 1.54) is 38.0 Å². The monoisotopic (exact) mass is 341 g/mol. The summed E-state index contributed by atoms with van der Waals surface area (Å²) in [6.45, 7) is 19.1. The number of likely N-dealkylation sites (N-methyl/N-ethyl adjacent to an activating group) is 1. The van der Waals surface area contributed by atoms with Crippen molar-refractivity contribution in [1.29, 1.82) is 0 Å². The molecule has 2 fully saturated rings. The molecule has 138 valence electrons. The average molecular weight is 342 g/mol. The summed E-state index contributed by atoms with van der Waals surface area (Å²) < 4.78 is 0. The summed E-state index contributed by atoms with van der Waals surface area (Å²) in [4.78, 5) is 9.36. The highest BCUT2D eigenvalue weighted by Crippen LogP contribution is 2.24. The van der Waals surface area contributed by atoms with Gasteiger partial charge in [-0.2, -0.15) is 0 Å². The van der Waals surface area contributed by atoms with E-state index in [1.807, 2.05) is 6.07 Å².